The van der Waals surface area contributed by atoms with Crippen molar-refractivity contribution in [3.05, 3.63) is 176 Å². The Bertz CT molecular complexity index is 2670. The zero-order valence-electron chi connectivity index (χ0n) is 26.5. The molecule has 1 aliphatic rings. The predicted molar refractivity (Wildman–Crippen MR) is 202 cm³/mol. The van der Waals surface area contributed by atoms with E-state index in [2.05, 4.69) is 157 Å². The molecule has 0 aliphatic carbocycles. The molecule has 230 valence electrons. The lowest BCUT2D eigenvalue weighted by atomic mass is 9.90. The Kier molecular flexibility index (Phi) is 6.18. The van der Waals surface area contributed by atoms with Crippen molar-refractivity contribution in [2.75, 3.05) is 4.90 Å². The predicted octanol–water partition coefficient (Wildman–Crippen LogP) is 13.3. The van der Waals surface area contributed by atoms with E-state index in [0.29, 0.717) is 0 Å². The van der Waals surface area contributed by atoms with Crippen molar-refractivity contribution in [3.8, 4) is 44.9 Å². The largest absolute Gasteiger partial charge is 0.456 e. The molecule has 0 N–H and O–H groups in total. The molecular formula is C46H29NO2. The molecule has 0 bridgehead atoms. The van der Waals surface area contributed by atoms with E-state index >= 15 is 0 Å². The molecular weight excluding hydrogens is 599 g/mol. The lowest BCUT2D eigenvalue weighted by molar-refractivity contribution is 0.487. The summed E-state index contributed by atoms with van der Waals surface area (Å²) in [6.07, 6.45) is 0. The van der Waals surface area contributed by atoms with Gasteiger partial charge in [-0.1, -0.05) is 115 Å². The third kappa shape index (κ3) is 4.51. The second kappa shape index (κ2) is 11.0. The summed E-state index contributed by atoms with van der Waals surface area (Å²) in [7, 11) is 0. The van der Waals surface area contributed by atoms with Crippen LogP contribution in [0.2, 0.25) is 0 Å². The molecule has 1 aliphatic heterocycles. The molecule has 8 aromatic carbocycles. The fraction of sp³-hybridized carbons (Fsp3) is 0. The number of anilines is 3. The molecule has 1 aromatic heterocycles. The van der Waals surface area contributed by atoms with Gasteiger partial charge in [0.05, 0.1) is 0 Å². The van der Waals surface area contributed by atoms with Crippen LogP contribution in [0.1, 0.15) is 0 Å². The van der Waals surface area contributed by atoms with Crippen LogP contribution in [0.25, 0.3) is 66.1 Å². The molecule has 0 saturated heterocycles. The molecule has 0 fully saturated rings. The maximum Gasteiger partial charge on any atom is 0.137 e. The molecule has 3 nitrogen and oxygen atoms in total. The maximum absolute atomic E-state index is 6.36. The zero-order chi connectivity index (χ0) is 32.3. The van der Waals surface area contributed by atoms with E-state index in [4.69, 9.17) is 9.15 Å². The van der Waals surface area contributed by atoms with Crippen LogP contribution < -0.4 is 9.64 Å². The van der Waals surface area contributed by atoms with Gasteiger partial charge in [-0.3, -0.25) is 0 Å². The SMILES string of the molecule is c1ccc(-c2ccc(N(c3ccc(-c4ccc5c6c(cccc46)Oc4ccccc4-5)cc3)c3ccc4c(c3)oc3ccccc34)cc2)cc1. The number of benzene rings is 8. The fourth-order valence-corrected chi connectivity index (χ4v) is 7.36. The lowest BCUT2D eigenvalue weighted by Gasteiger charge is -2.26. The Morgan fingerprint density at radius 1 is 0.347 bits per heavy atom. The monoisotopic (exact) mass is 627 g/mol. The Morgan fingerprint density at radius 2 is 0.959 bits per heavy atom. The quantitative estimate of drug-likeness (QED) is 0.190. The summed E-state index contributed by atoms with van der Waals surface area (Å²) >= 11 is 0. The van der Waals surface area contributed by atoms with Crippen LogP contribution in [0.3, 0.4) is 0 Å². The first-order valence-electron chi connectivity index (χ1n) is 16.6. The fourth-order valence-electron chi connectivity index (χ4n) is 7.36. The van der Waals surface area contributed by atoms with Crippen LogP contribution in [-0.2, 0) is 0 Å². The second-order valence-corrected chi connectivity index (χ2v) is 12.5. The second-order valence-electron chi connectivity index (χ2n) is 12.5. The molecule has 0 spiro atoms. The first-order valence-corrected chi connectivity index (χ1v) is 16.6. The van der Waals surface area contributed by atoms with Gasteiger partial charge < -0.3 is 14.1 Å². The number of hydrogen-bond acceptors (Lipinski definition) is 3. The van der Waals surface area contributed by atoms with Gasteiger partial charge in [0.2, 0.25) is 0 Å². The lowest BCUT2D eigenvalue weighted by Crippen LogP contribution is -2.09. The number of hydrogen-bond donors (Lipinski definition) is 0. The van der Waals surface area contributed by atoms with E-state index in [1.54, 1.807) is 0 Å². The molecule has 0 radical (unpaired) electrons. The minimum atomic E-state index is 0.869. The van der Waals surface area contributed by atoms with Gasteiger partial charge in [0.15, 0.2) is 0 Å². The third-order valence-corrected chi connectivity index (χ3v) is 9.69. The molecule has 10 rings (SSSR count). The third-order valence-electron chi connectivity index (χ3n) is 9.69. The number of para-hydroxylation sites is 2. The zero-order valence-corrected chi connectivity index (χ0v) is 26.5. The van der Waals surface area contributed by atoms with Crippen molar-refractivity contribution in [1.82, 2.24) is 0 Å². The summed E-state index contributed by atoms with van der Waals surface area (Å²) < 4.78 is 12.7. The number of ether oxygens (including phenoxy) is 1. The molecule has 2 heterocycles. The van der Waals surface area contributed by atoms with Crippen molar-refractivity contribution >= 4 is 49.8 Å². The minimum absolute atomic E-state index is 0.869. The van der Waals surface area contributed by atoms with Crippen molar-refractivity contribution in [2.45, 2.75) is 0 Å². The van der Waals surface area contributed by atoms with Gasteiger partial charge in [0, 0.05) is 44.9 Å². The van der Waals surface area contributed by atoms with Crippen molar-refractivity contribution in [3.63, 3.8) is 0 Å². The Hall–Kier alpha value is -6.58. The van der Waals surface area contributed by atoms with Gasteiger partial charge in [0.1, 0.15) is 22.7 Å². The number of nitrogens with zero attached hydrogens (tertiary/aromatic N) is 1. The van der Waals surface area contributed by atoms with Crippen molar-refractivity contribution in [1.29, 1.82) is 0 Å². The number of furan rings is 1. The maximum atomic E-state index is 6.36. The number of fused-ring (bicyclic) bond motifs is 5. The highest BCUT2D eigenvalue weighted by Crippen LogP contribution is 2.49. The molecule has 3 heteroatoms. The highest BCUT2D eigenvalue weighted by atomic mass is 16.5. The van der Waals surface area contributed by atoms with E-state index in [-0.39, 0.29) is 0 Å². The number of rotatable bonds is 5. The van der Waals surface area contributed by atoms with Gasteiger partial charge in [-0.2, -0.15) is 0 Å². The molecule has 0 amide bonds. The van der Waals surface area contributed by atoms with Gasteiger partial charge in [0.25, 0.3) is 0 Å². The molecule has 9 aromatic rings. The Morgan fingerprint density at radius 3 is 1.80 bits per heavy atom. The normalized spacial score (nSPS) is 11.8. The standard InChI is InChI=1S/C46H29NO2/c1-2-9-30(10-3-1)31-17-21-33(22-18-31)47(35-25-26-39-37-11-4-6-14-42(37)49-45(39)29-35)34-23-19-32(20-24-34)36-27-28-41-38-12-5-7-15-43(38)48-44-16-8-13-40(36)46(41)44/h1-29H. The van der Waals surface area contributed by atoms with Gasteiger partial charge >= 0.3 is 0 Å². The van der Waals surface area contributed by atoms with Crippen LogP contribution in [-0.4, -0.2) is 0 Å². The van der Waals surface area contributed by atoms with Gasteiger partial charge in [-0.15, -0.1) is 0 Å². The van der Waals surface area contributed by atoms with Gasteiger partial charge in [-0.25, -0.2) is 0 Å². The van der Waals surface area contributed by atoms with E-state index < -0.39 is 0 Å². The van der Waals surface area contributed by atoms with E-state index in [1.807, 2.05) is 24.3 Å². The topological polar surface area (TPSA) is 25.6 Å². The highest BCUT2D eigenvalue weighted by Gasteiger charge is 2.22. The van der Waals surface area contributed by atoms with Crippen LogP contribution in [0.5, 0.6) is 11.5 Å². The minimum Gasteiger partial charge on any atom is -0.456 e. The van der Waals surface area contributed by atoms with Crippen LogP contribution in [0, 0.1) is 0 Å². The summed E-state index contributed by atoms with van der Waals surface area (Å²) in [5.41, 5.74) is 12.0. The van der Waals surface area contributed by atoms with E-state index in [9.17, 15) is 0 Å². The first-order chi connectivity index (χ1) is 24.3. The molecule has 0 saturated carbocycles. The molecule has 0 unspecified atom stereocenters. The molecule has 49 heavy (non-hydrogen) atoms. The van der Waals surface area contributed by atoms with Gasteiger partial charge in [-0.05, 0) is 87.8 Å². The summed E-state index contributed by atoms with van der Waals surface area (Å²) in [5.74, 6) is 1.80. The van der Waals surface area contributed by atoms with Crippen LogP contribution in [0.4, 0.5) is 17.1 Å². The summed E-state index contributed by atoms with van der Waals surface area (Å²) in [6.45, 7) is 0. The molecule has 0 atom stereocenters. The smallest absolute Gasteiger partial charge is 0.137 e. The van der Waals surface area contributed by atoms with E-state index in [0.717, 1.165) is 67.0 Å². The average Bonchev–Trinajstić information content (AvgIpc) is 3.54. The van der Waals surface area contributed by atoms with Crippen LogP contribution >= 0.6 is 0 Å². The van der Waals surface area contributed by atoms with Crippen molar-refractivity contribution < 1.29 is 9.15 Å². The average molecular weight is 628 g/mol. The summed E-state index contributed by atoms with van der Waals surface area (Å²) in [6, 6.07) is 62.0. The van der Waals surface area contributed by atoms with E-state index in [1.165, 1.54) is 27.6 Å². The van der Waals surface area contributed by atoms with Crippen LogP contribution in [0.15, 0.2) is 180 Å². The summed E-state index contributed by atoms with van der Waals surface area (Å²) in [5, 5.41) is 4.58. The van der Waals surface area contributed by atoms with Crippen molar-refractivity contribution in [2.24, 2.45) is 0 Å². The Labute approximate surface area is 283 Å². The highest BCUT2D eigenvalue weighted by molar-refractivity contribution is 6.10. The first kappa shape index (κ1) is 27.5. The summed E-state index contributed by atoms with van der Waals surface area (Å²) in [4.78, 5) is 2.30. The Balaban J connectivity index is 1.08.